The highest BCUT2D eigenvalue weighted by atomic mass is 16.5. The minimum atomic E-state index is 0.731. The number of imidazole rings is 1. The molecule has 2 heterocycles. The van der Waals surface area contributed by atoms with Crippen LogP contribution in [0.15, 0.2) is 78.9 Å². The summed E-state index contributed by atoms with van der Waals surface area (Å²) in [5.41, 5.74) is 8.22. The molecule has 148 valence electrons. The van der Waals surface area contributed by atoms with Crippen molar-refractivity contribution in [1.29, 1.82) is 0 Å². The number of aromatic nitrogens is 2. The lowest BCUT2D eigenvalue weighted by molar-refractivity contribution is 0.409. The van der Waals surface area contributed by atoms with Crippen LogP contribution >= 0.6 is 0 Å². The van der Waals surface area contributed by atoms with Crippen LogP contribution in [0.25, 0.3) is 39.1 Å². The molecular formula is C26H22N2O2. The fourth-order valence-electron chi connectivity index (χ4n) is 4.11. The molecule has 0 spiro atoms. The summed E-state index contributed by atoms with van der Waals surface area (Å²) in [6.45, 7) is 2.12. The number of hydrogen-bond acceptors (Lipinski definition) is 3. The van der Waals surface area contributed by atoms with E-state index in [-0.39, 0.29) is 0 Å². The van der Waals surface area contributed by atoms with Crippen LogP contribution in [0.3, 0.4) is 0 Å². The van der Waals surface area contributed by atoms with Gasteiger partial charge in [-0.25, -0.2) is 4.98 Å². The number of nitrogens with zero attached hydrogens (tertiary/aromatic N) is 2. The van der Waals surface area contributed by atoms with E-state index in [2.05, 4.69) is 65.9 Å². The van der Waals surface area contributed by atoms with Crippen LogP contribution in [0.4, 0.5) is 0 Å². The van der Waals surface area contributed by atoms with Crippen molar-refractivity contribution < 1.29 is 9.47 Å². The van der Waals surface area contributed by atoms with E-state index in [1.54, 1.807) is 14.2 Å². The minimum absolute atomic E-state index is 0.731. The van der Waals surface area contributed by atoms with Crippen LogP contribution in [0.1, 0.15) is 5.56 Å². The van der Waals surface area contributed by atoms with Crippen molar-refractivity contribution in [3.8, 4) is 33.9 Å². The first-order valence-corrected chi connectivity index (χ1v) is 9.90. The Kier molecular flexibility index (Phi) is 4.40. The van der Waals surface area contributed by atoms with Crippen molar-refractivity contribution in [3.05, 3.63) is 84.4 Å². The van der Waals surface area contributed by atoms with E-state index in [4.69, 9.17) is 14.5 Å². The summed E-state index contributed by atoms with van der Waals surface area (Å²) in [6.07, 6.45) is 0. The van der Waals surface area contributed by atoms with Crippen molar-refractivity contribution in [3.63, 3.8) is 0 Å². The number of rotatable bonds is 4. The Hall–Kier alpha value is -3.79. The van der Waals surface area contributed by atoms with Gasteiger partial charge in [0.1, 0.15) is 28.2 Å². The van der Waals surface area contributed by atoms with Crippen LogP contribution in [-0.2, 0) is 0 Å². The molecule has 0 radical (unpaired) electrons. The van der Waals surface area contributed by atoms with Gasteiger partial charge in [0.25, 0.3) is 0 Å². The fourth-order valence-corrected chi connectivity index (χ4v) is 4.11. The minimum Gasteiger partial charge on any atom is -0.494 e. The summed E-state index contributed by atoms with van der Waals surface area (Å²) in [6, 6.07) is 26.9. The first-order chi connectivity index (χ1) is 14.7. The Labute approximate surface area is 175 Å². The van der Waals surface area contributed by atoms with E-state index in [9.17, 15) is 0 Å². The molecule has 0 aliphatic carbocycles. The van der Waals surface area contributed by atoms with Crippen molar-refractivity contribution in [2.24, 2.45) is 0 Å². The van der Waals surface area contributed by atoms with Gasteiger partial charge in [-0.05, 0) is 41.8 Å². The van der Waals surface area contributed by atoms with Crippen LogP contribution < -0.4 is 9.47 Å². The molecule has 5 rings (SSSR count). The molecule has 0 aliphatic heterocycles. The van der Waals surface area contributed by atoms with E-state index in [1.165, 1.54) is 5.56 Å². The molecule has 3 aromatic carbocycles. The van der Waals surface area contributed by atoms with Gasteiger partial charge in [0, 0.05) is 5.56 Å². The first-order valence-electron chi connectivity index (χ1n) is 9.90. The summed E-state index contributed by atoms with van der Waals surface area (Å²) in [5.74, 6) is 1.50. The van der Waals surface area contributed by atoms with Gasteiger partial charge in [-0.15, -0.1) is 0 Å². The molecule has 5 aromatic rings. The summed E-state index contributed by atoms with van der Waals surface area (Å²) < 4.78 is 13.5. The Morgan fingerprint density at radius 1 is 0.733 bits per heavy atom. The number of methoxy groups -OCH3 is 2. The second-order valence-electron chi connectivity index (χ2n) is 7.24. The Balaban J connectivity index is 1.99. The summed E-state index contributed by atoms with van der Waals surface area (Å²) >= 11 is 0. The van der Waals surface area contributed by atoms with Crippen molar-refractivity contribution >= 4 is 16.7 Å². The third-order valence-electron chi connectivity index (χ3n) is 5.59. The molecule has 0 amide bonds. The Bertz CT molecular complexity index is 1360. The van der Waals surface area contributed by atoms with Crippen LogP contribution in [0.2, 0.25) is 0 Å². The van der Waals surface area contributed by atoms with Gasteiger partial charge in [0.2, 0.25) is 0 Å². The lowest BCUT2D eigenvalue weighted by Gasteiger charge is -2.15. The van der Waals surface area contributed by atoms with E-state index >= 15 is 0 Å². The summed E-state index contributed by atoms with van der Waals surface area (Å²) in [4.78, 5) is 5.02. The molecule has 4 heteroatoms. The highest BCUT2D eigenvalue weighted by molar-refractivity contribution is 5.95. The van der Waals surface area contributed by atoms with Crippen LogP contribution in [0, 0.1) is 6.92 Å². The van der Waals surface area contributed by atoms with Gasteiger partial charge in [-0.3, -0.25) is 4.40 Å². The number of hydrogen-bond donors (Lipinski definition) is 0. The molecule has 0 saturated heterocycles. The van der Waals surface area contributed by atoms with Crippen molar-refractivity contribution in [1.82, 2.24) is 9.38 Å². The predicted molar refractivity (Wildman–Crippen MR) is 121 cm³/mol. The number of benzene rings is 3. The van der Waals surface area contributed by atoms with Gasteiger partial charge in [-0.1, -0.05) is 60.7 Å². The zero-order valence-corrected chi connectivity index (χ0v) is 17.2. The van der Waals surface area contributed by atoms with Gasteiger partial charge in [-0.2, -0.15) is 0 Å². The maximum absolute atomic E-state index is 5.72. The molecule has 0 N–H and O–H groups in total. The van der Waals surface area contributed by atoms with Crippen LogP contribution in [0.5, 0.6) is 11.5 Å². The Morgan fingerprint density at radius 3 is 1.97 bits per heavy atom. The molecular weight excluding hydrogens is 372 g/mol. The largest absolute Gasteiger partial charge is 0.494 e. The number of pyridine rings is 1. The normalized spacial score (nSPS) is 11.2. The zero-order chi connectivity index (χ0) is 20.7. The molecule has 30 heavy (non-hydrogen) atoms. The summed E-state index contributed by atoms with van der Waals surface area (Å²) in [5, 5.41) is 0. The first kappa shape index (κ1) is 18.3. The van der Waals surface area contributed by atoms with Crippen molar-refractivity contribution in [2.75, 3.05) is 14.2 Å². The maximum atomic E-state index is 5.72. The molecule has 0 fully saturated rings. The highest BCUT2D eigenvalue weighted by Gasteiger charge is 2.21. The van der Waals surface area contributed by atoms with E-state index in [0.717, 1.165) is 50.6 Å². The van der Waals surface area contributed by atoms with Gasteiger partial charge < -0.3 is 9.47 Å². The molecule has 0 saturated carbocycles. The predicted octanol–water partition coefficient (Wildman–Crippen LogP) is 6.15. The zero-order valence-electron chi connectivity index (χ0n) is 17.2. The quantitative estimate of drug-likeness (QED) is 0.367. The number of aryl methyl sites for hydroxylation is 1. The summed E-state index contributed by atoms with van der Waals surface area (Å²) in [7, 11) is 3.36. The van der Waals surface area contributed by atoms with Gasteiger partial charge >= 0.3 is 0 Å². The molecule has 0 aliphatic rings. The third kappa shape index (κ3) is 2.72. The Morgan fingerprint density at radius 2 is 1.33 bits per heavy atom. The monoisotopic (exact) mass is 394 g/mol. The fraction of sp³-hybridized carbons (Fsp3) is 0.115. The van der Waals surface area contributed by atoms with E-state index in [0.29, 0.717) is 0 Å². The molecule has 0 bridgehead atoms. The molecule has 4 nitrogen and oxygen atoms in total. The second-order valence-corrected chi connectivity index (χ2v) is 7.24. The third-order valence-corrected chi connectivity index (χ3v) is 5.59. The van der Waals surface area contributed by atoms with Crippen molar-refractivity contribution in [2.45, 2.75) is 6.92 Å². The smallest absolute Gasteiger partial charge is 0.147 e. The molecule has 2 aromatic heterocycles. The van der Waals surface area contributed by atoms with E-state index < -0.39 is 0 Å². The van der Waals surface area contributed by atoms with Crippen LogP contribution in [-0.4, -0.2) is 23.6 Å². The lowest BCUT2D eigenvalue weighted by atomic mass is 9.99. The SMILES string of the molecule is COc1ccc(OC)c2c1nc1c(C)c(-c3ccccc3)cc(-c3ccccc3)n12. The highest BCUT2D eigenvalue weighted by Crippen LogP contribution is 2.39. The van der Waals surface area contributed by atoms with Gasteiger partial charge in [0.05, 0.1) is 19.9 Å². The number of fused-ring (bicyclic) bond motifs is 3. The second kappa shape index (κ2) is 7.23. The number of ether oxygens (including phenoxy) is 2. The molecule has 0 unspecified atom stereocenters. The van der Waals surface area contributed by atoms with Gasteiger partial charge in [0.15, 0.2) is 0 Å². The molecule has 0 atom stereocenters. The van der Waals surface area contributed by atoms with E-state index in [1.807, 2.05) is 24.3 Å². The standard InChI is InChI=1S/C26H22N2O2/c1-17-20(18-10-6-4-7-11-18)16-21(19-12-8-5-9-13-19)28-25-23(30-3)15-14-22(29-2)24(25)27-26(17)28/h4-16H,1-3H3. The average Bonchev–Trinajstić information content (AvgIpc) is 3.21. The maximum Gasteiger partial charge on any atom is 0.147 e. The lowest BCUT2D eigenvalue weighted by Crippen LogP contribution is -1.98. The topological polar surface area (TPSA) is 35.8 Å². The average molecular weight is 394 g/mol.